The number of hydrogen-bond donors (Lipinski definition) is 2. The quantitative estimate of drug-likeness (QED) is 0.485. The zero-order valence-electron chi connectivity index (χ0n) is 16.1. The molecule has 0 aliphatic carbocycles. The zero-order valence-corrected chi connectivity index (χ0v) is 17.7. The first-order valence-corrected chi connectivity index (χ1v) is 12.2. The van der Waals surface area contributed by atoms with Crippen molar-refractivity contribution in [3.05, 3.63) is 63.8 Å². The van der Waals surface area contributed by atoms with Crippen molar-refractivity contribution in [1.29, 1.82) is 0 Å². The number of pyridine rings is 1. The minimum absolute atomic E-state index is 0.111. The molecule has 0 saturated heterocycles. The molecule has 2 N–H and O–H groups in total. The smallest absolute Gasteiger partial charge is 0.266 e. The van der Waals surface area contributed by atoms with Crippen molar-refractivity contribution < 1.29 is 13.5 Å². The number of phenolic OH excluding ortho intramolecular Hbond substituents is 1. The molecule has 1 atom stereocenters. The van der Waals surface area contributed by atoms with E-state index in [4.69, 9.17) is 0 Å². The van der Waals surface area contributed by atoms with Crippen LogP contribution in [0, 0.1) is 0 Å². The minimum Gasteiger partial charge on any atom is -0.507 e. The van der Waals surface area contributed by atoms with E-state index >= 15 is 0 Å². The molecule has 0 bridgehead atoms. The molecule has 0 amide bonds. The van der Waals surface area contributed by atoms with E-state index in [1.165, 1.54) is 17.6 Å². The molecular weight excluding hydrogens is 406 g/mol. The lowest BCUT2D eigenvalue weighted by Gasteiger charge is -2.14. The van der Waals surface area contributed by atoms with Crippen molar-refractivity contribution in [3.63, 3.8) is 0 Å². The molecule has 5 nitrogen and oxygen atoms in total. The Bertz CT molecular complexity index is 1370. The average Bonchev–Trinajstić information content (AvgIpc) is 3.17. The van der Waals surface area contributed by atoms with E-state index < -0.39 is 9.84 Å². The zero-order chi connectivity index (χ0) is 20.8. The lowest BCUT2D eigenvalue weighted by atomic mass is 9.93. The van der Waals surface area contributed by atoms with Gasteiger partial charge in [-0.2, -0.15) is 0 Å². The normalized spacial score (nSPS) is 13.2. The lowest BCUT2D eigenvalue weighted by molar-refractivity contribution is 0.478. The molecule has 0 fully saturated rings. The van der Waals surface area contributed by atoms with Gasteiger partial charge in [-0.05, 0) is 47.0 Å². The molecule has 0 aliphatic heterocycles. The van der Waals surface area contributed by atoms with Gasteiger partial charge in [0, 0.05) is 28.1 Å². The molecule has 0 radical (unpaired) electrons. The molecule has 4 aromatic rings. The Morgan fingerprint density at radius 1 is 1.10 bits per heavy atom. The summed E-state index contributed by atoms with van der Waals surface area (Å²) in [6, 6.07) is 13.0. The summed E-state index contributed by atoms with van der Waals surface area (Å²) in [7, 11) is -2.99. The SMILES string of the molecule is C[C@@H](CCS(C)(=O)=O)c1ccc(-c2c(O)ccc3[nH]c(=O)c4sccc4c23)cc1. The van der Waals surface area contributed by atoms with Crippen LogP contribution in [-0.2, 0) is 9.84 Å². The van der Waals surface area contributed by atoms with E-state index in [9.17, 15) is 18.3 Å². The van der Waals surface area contributed by atoms with Crippen LogP contribution in [0.25, 0.3) is 32.1 Å². The van der Waals surface area contributed by atoms with Gasteiger partial charge in [0.15, 0.2) is 0 Å². The van der Waals surface area contributed by atoms with Crippen LogP contribution in [0.3, 0.4) is 0 Å². The maximum Gasteiger partial charge on any atom is 0.266 e. The van der Waals surface area contributed by atoms with Crippen LogP contribution < -0.4 is 5.56 Å². The largest absolute Gasteiger partial charge is 0.507 e. The molecular formula is C22H21NO4S2. The Morgan fingerprint density at radius 2 is 1.83 bits per heavy atom. The number of thiophene rings is 1. The summed E-state index contributed by atoms with van der Waals surface area (Å²) in [4.78, 5) is 15.2. The number of rotatable bonds is 5. The number of sulfone groups is 1. The highest BCUT2D eigenvalue weighted by molar-refractivity contribution is 7.90. The van der Waals surface area contributed by atoms with Crippen LogP contribution in [0.5, 0.6) is 5.75 Å². The number of aromatic hydroxyl groups is 1. The summed E-state index contributed by atoms with van der Waals surface area (Å²) >= 11 is 1.38. The molecule has 0 aliphatic rings. The summed E-state index contributed by atoms with van der Waals surface area (Å²) in [5, 5.41) is 14.1. The molecule has 0 saturated carbocycles. The Kier molecular flexibility index (Phi) is 4.96. The lowest BCUT2D eigenvalue weighted by Crippen LogP contribution is -2.06. The molecule has 7 heteroatoms. The molecule has 4 rings (SSSR count). The number of benzene rings is 2. The molecule has 2 heterocycles. The molecule has 2 aromatic heterocycles. The number of H-pyrrole nitrogens is 1. The predicted molar refractivity (Wildman–Crippen MR) is 120 cm³/mol. The maximum atomic E-state index is 12.3. The molecule has 2 aromatic carbocycles. The van der Waals surface area contributed by atoms with Crippen LogP contribution in [0.1, 0.15) is 24.8 Å². The summed E-state index contributed by atoms with van der Waals surface area (Å²) in [5.41, 5.74) is 3.11. The predicted octanol–water partition coefficient (Wildman–Crippen LogP) is 4.65. The van der Waals surface area contributed by atoms with Crippen LogP contribution in [-0.4, -0.2) is 30.5 Å². The van der Waals surface area contributed by atoms with E-state index in [0.717, 1.165) is 21.9 Å². The van der Waals surface area contributed by atoms with E-state index in [-0.39, 0.29) is 23.0 Å². The molecule has 150 valence electrons. The van der Waals surface area contributed by atoms with Gasteiger partial charge in [-0.25, -0.2) is 8.42 Å². The number of aromatic nitrogens is 1. The monoisotopic (exact) mass is 427 g/mol. The minimum atomic E-state index is -2.99. The average molecular weight is 428 g/mol. The van der Waals surface area contributed by atoms with Crippen LogP contribution >= 0.6 is 11.3 Å². The van der Waals surface area contributed by atoms with E-state index in [0.29, 0.717) is 22.2 Å². The first kappa shape index (κ1) is 19.7. The second kappa shape index (κ2) is 7.31. The van der Waals surface area contributed by atoms with Crippen molar-refractivity contribution >= 4 is 42.2 Å². The van der Waals surface area contributed by atoms with Crippen molar-refractivity contribution in [3.8, 4) is 16.9 Å². The standard InChI is InChI=1S/C22H21NO4S2/c1-13(10-12-29(2,26)27)14-3-5-15(6-4-14)19-18(24)8-7-17-20(19)16-9-11-28-21(16)22(25)23-17/h3-9,11,13,24H,10,12H2,1-2H3,(H,23,25)/t13-/m0/s1. The van der Waals surface area contributed by atoms with Crippen LogP contribution in [0.15, 0.2) is 52.6 Å². The Hall–Kier alpha value is -2.64. The Labute approximate surface area is 172 Å². The fraction of sp³-hybridized carbons (Fsp3) is 0.227. The first-order valence-electron chi connectivity index (χ1n) is 9.28. The van der Waals surface area contributed by atoms with Gasteiger partial charge in [-0.1, -0.05) is 31.2 Å². The first-order chi connectivity index (χ1) is 13.7. The fourth-order valence-electron chi connectivity index (χ4n) is 3.66. The number of fused-ring (bicyclic) bond motifs is 3. The van der Waals surface area contributed by atoms with E-state index in [1.807, 2.05) is 42.6 Å². The molecule has 0 spiro atoms. The van der Waals surface area contributed by atoms with Gasteiger partial charge in [-0.3, -0.25) is 4.79 Å². The van der Waals surface area contributed by atoms with Crippen molar-refractivity contribution in [1.82, 2.24) is 4.98 Å². The fourth-order valence-corrected chi connectivity index (χ4v) is 5.24. The number of aromatic amines is 1. The Morgan fingerprint density at radius 3 is 2.52 bits per heavy atom. The van der Waals surface area contributed by atoms with Gasteiger partial charge >= 0.3 is 0 Å². The molecule has 0 unspecified atom stereocenters. The second-order valence-electron chi connectivity index (χ2n) is 7.44. The highest BCUT2D eigenvalue weighted by Crippen LogP contribution is 2.40. The van der Waals surface area contributed by atoms with E-state index in [1.54, 1.807) is 12.1 Å². The second-order valence-corrected chi connectivity index (χ2v) is 10.6. The van der Waals surface area contributed by atoms with Gasteiger partial charge in [0.05, 0.1) is 5.75 Å². The highest BCUT2D eigenvalue weighted by atomic mass is 32.2. The van der Waals surface area contributed by atoms with Gasteiger partial charge < -0.3 is 10.1 Å². The van der Waals surface area contributed by atoms with Gasteiger partial charge in [0.2, 0.25) is 0 Å². The highest BCUT2D eigenvalue weighted by Gasteiger charge is 2.16. The summed E-state index contributed by atoms with van der Waals surface area (Å²) in [5.74, 6) is 0.415. The number of nitrogens with one attached hydrogen (secondary N) is 1. The van der Waals surface area contributed by atoms with Gasteiger partial charge in [0.1, 0.15) is 20.3 Å². The topological polar surface area (TPSA) is 87.2 Å². The van der Waals surface area contributed by atoms with Crippen molar-refractivity contribution in [2.75, 3.05) is 12.0 Å². The number of hydrogen-bond acceptors (Lipinski definition) is 5. The Balaban J connectivity index is 1.80. The third-order valence-corrected chi connectivity index (χ3v) is 7.15. The van der Waals surface area contributed by atoms with Crippen molar-refractivity contribution in [2.24, 2.45) is 0 Å². The molecule has 29 heavy (non-hydrogen) atoms. The summed E-state index contributed by atoms with van der Waals surface area (Å²) in [6.07, 6.45) is 1.82. The third-order valence-electron chi connectivity index (χ3n) is 5.26. The summed E-state index contributed by atoms with van der Waals surface area (Å²) < 4.78 is 23.5. The van der Waals surface area contributed by atoms with Crippen LogP contribution in [0.2, 0.25) is 0 Å². The van der Waals surface area contributed by atoms with E-state index in [2.05, 4.69) is 4.98 Å². The number of phenols is 1. The van der Waals surface area contributed by atoms with Crippen molar-refractivity contribution in [2.45, 2.75) is 19.3 Å². The van der Waals surface area contributed by atoms with Gasteiger partial charge in [-0.15, -0.1) is 11.3 Å². The van der Waals surface area contributed by atoms with Crippen LogP contribution in [0.4, 0.5) is 0 Å². The van der Waals surface area contributed by atoms with Gasteiger partial charge in [0.25, 0.3) is 5.56 Å². The third kappa shape index (κ3) is 3.80. The maximum absolute atomic E-state index is 12.3. The summed E-state index contributed by atoms with van der Waals surface area (Å²) in [6.45, 7) is 2.01.